The minimum atomic E-state index is -1.25. The van der Waals surface area contributed by atoms with Crippen LogP contribution in [0.1, 0.15) is 79.7 Å². The number of hydrogen-bond donors (Lipinski definition) is 8. The summed E-state index contributed by atoms with van der Waals surface area (Å²) in [5, 5.41) is 25.3. The third-order valence-electron chi connectivity index (χ3n) is 7.18. The maximum Gasteiger partial charge on any atom is 0.312 e. The van der Waals surface area contributed by atoms with Crippen molar-refractivity contribution in [1.82, 2.24) is 26.6 Å². The Bertz CT molecular complexity index is 1290. The number of aliphatic carboxylic acids is 1. The van der Waals surface area contributed by atoms with Crippen LogP contribution in [0.5, 0.6) is 0 Å². The van der Waals surface area contributed by atoms with Gasteiger partial charge in [-0.15, -0.1) is 0 Å². The summed E-state index contributed by atoms with van der Waals surface area (Å²) in [4.78, 5) is 87.2. The Labute approximate surface area is 287 Å². The first-order valence-corrected chi connectivity index (χ1v) is 16.4. The summed E-state index contributed by atoms with van der Waals surface area (Å²) in [5.74, 6) is -4.78. The molecule has 0 aliphatic carbocycles. The second-order valence-electron chi connectivity index (χ2n) is 12.7. The van der Waals surface area contributed by atoms with E-state index in [2.05, 4.69) is 31.9 Å². The Morgan fingerprint density at radius 1 is 0.776 bits per heavy atom. The molecule has 9 N–H and O–H groups in total. The Balaban J connectivity index is 3.11. The molecule has 0 saturated heterocycles. The van der Waals surface area contributed by atoms with Crippen LogP contribution >= 0.6 is 0 Å². The molecule has 0 bridgehead atoms. The normalized spacial score (nSPS) is 13.5. The van der Waals surface area contributed by atoms with Crippen LogP contribution in [0.25, 0.3) is 0 Å². The number of hydrogen-bond acceptors (Lipinski definition) is 9. The number of carboxylic acid groups (broad SMARTS) is 1. The Morgan fingerprint density at radius 3 is 1.90 bits per heavy atom. The fourth-order valence-electron chi connectivity index (χ4n) is 4.48. The van der Waals surface area contributed by atoms with Crippen LogP contribution in [-0.4, -0.2) is 83.5 Å². The van der Waals surface area contributed by atoms with Crippen LogP contribution < -0.4 is 37.6 Å². The van der Waals surface area contributed by atoms with Gasteiger partial charge in [-0.25, -0.2) is 4.79 Å². The number of ether oxygens (including phenoxy) is 1. The van der Waals surface area contributed by atoms with Gasteiger partial charge >= 0.3 is 18.0 Å². The van der Waals surface area contributed by atoms with E-state index >= 15 is 0 Å². The maximum absolute atomic E-state index is 13.6. The molecule has 4 atom stereocenters. The molecule has 0 fully saturated rings. The molecule has 0 heterocycles. The van der Waals surface area contributed by atoms with Crippen molar-refractivity contribution in [2.45, 2.75) is 111 Å². The van der Waals surface area contributed by atoms with Gasteiger partial charge in [-0.05, 0) is 49.8 Å². The average molecular weight is 692 g/mol. The molecule has 1 aromatic rings. The zero-order chi connectivity index (χ0) is 37.3. The van der Waals surface area contributed by atoms with Crippen LogP contribution in [0, 0.1) is 11.8 Å². The highest BCUT2D eigenvalue weighted by Crippen LogP contribution is 2.14. The van der Waals surface area contributed by atoms with Crippen LogP contribution in [0.3, 0.4) is 0 Å². The monoisotopic (exact) mass is 691 g/mol. The first kappa shape index (κ1) is 42.3. The predicted molar refractivity (Wildman–Crippen MR) is 182 cm³/mol. The SMILES string of the molecule is CC(C)N[C@@H](C)C(=O)N[C@@H](CCC(=O)O)C(=O)N[C@H](C(=O)N[C@@H](CCCNC(N)=O)C(=O)Nc1ccc(COC(=O)C(C)C)cc1)C(C)C. The number of carbonyl (C=O) groups excluding carboxylic acids is 6. The van der Waals surface area contributed by atoms with Crippen LogP contribution in [0.2, 0.25) is 0 Å². The van der Waals surface area contributed by atoms with Crippen molar-refractivity contribution < 1.29 is 43.4 Å². The largest absolute Gasteiger partial charge is 0.481 e. The lowest BCUT2D eigenvalue weighted by Gasteiger charge is -2.28. The van der Waals surface area contributed by atoms with Crippen molar-refractivity contribution in [3.8, 4) is 0 Å². The summed E-state index contributed by atoms with van der Waals surface area (Å²) >= 11 is 0. The smallest absolute Gasteiger partial charge is 0.312 e. The third-order valence-corrected chi connectivity index (χ3v) is 7.18. The minimum absolute atomic E-state index is 0.0294. The molecular formula is C33H53N7O9. The highest BCUT2D eigenvalue weighted by molar-refractivity contribution is 5.99. The van der Waals surface area contributed by atoms with Gasteiger partial charge < -0.3 is 47.5 Å². The van der Waals surface area contributed by atoms with Gasteiger partial charge in [-0.3, -0.25) is 28.8 Å². The van der Waals surface area contributed by atoms with Crippen LogP contribution in [0.4, 0.5) is 10.5 Å². The summed E-state index contributed by atoms with van der Waals surface area (Å²) in [5.41, 5.74) is 6.25. The van der Waals surface area contributed by atoms with Crippen molar-refractivity contribution in [2.24, 2.45) is 17.6 Å². The molecule has 0 saturated carbocycles. The van der Waals surface area contributed by atoms with Crippen molar-refractivity contribution in [3.63, 3.8) is 0 Å². The van der Waals surface area contributed by atoms with Crippen LogP contribution in [-0.2, 0) is 40.1 Å². The molecule has 1 rings (SSSR count). The topological polar surface area (TPSA) is 247 Å². The van der Waals surface area contributed by atoms with Crippen LogP contribution in [0.15, 0.2) is 24.3 Å². The number of nitrogens with one attached hydrogen (secondary N) is 6. The van der Waals surface area contributed by atoms with E-state index in [1.54, 1.807) is 58.9 Å². The second kappa shape index (κ2) is 21.3. The quantitative estimate of drug-likeness (QED) is 0.0674. The maximum atomic E-state index is 13.6. The molecule has 1 aromatic carbocycles. The van der Waals surface area contributed by atoms with Gasteiger partial charge in [0.2, 0.25) is 23.6 Å². The molecule has 49 heavy (non-hydrogen) atoms. The van der Waals surface area contributed by atoms with E-state index < -0.39 is 72.1 Å². The summed E-state index contributed by atoms with van der Waals surface area (Å²) in [7, 11) is 0. The van der Waals surface area contributed by atoms with E-state index in [0.717, 1.165) is 0 Å². The lowest BCUT2D eigenvalue weighted by molar-refractivity contribution is -0.148. The van der Waals surface area contributed by atoms with Crippen molar-refractivity contribution in [2.75, 3.05) is 11.9 Å². The molecular weight excluding hydrogens is 638 g/mol. The van der Waals surface area contributed by atoms with E-state index in [1.165, 1.54) is 0 Å². The summed E-state index contributed by atoms with van der Waals surface area (Å²) in [6.07, 6.45) is -0.261. The second-order valence-corrected chi connectivity index (χ2v) is 12.7. The average Bonchev–Trinajstić information content (AvgIpc) is 3.01. The molecule has 0 aromatic heterocycles. The summed E-state index contributed by atoms with van der Waals surface area (Å²) in [6, 6.07) is 1.63. The van der Waals surface area contributed by atoms with E-state index in [-0.39, 0.29) is 50.3 Å². The Morgan fingerprint density at radius 2 is 1.37 bits per heavy atom. The van der Waals surface area contributed by atoms with Gasteiger partial charge in [0.15, 0.2) is 0 Å². The highest BCUT2D eigenvalue weighted by Gasteiger charge is 2.32. The first-order valence-electron chi connectivity index (χ1n) is 16.4. The van der Waals surface area contributed by atoms with Crippen molar-refractivity contribution >= 4 is 47.3 Å². The molecule has 6 amide bonds. The Kier molecular flexibility index (Phi) is 18.4. The van der Waals surface area contributed by atoms with E-state index in [0.29, 0.717) is 11.3 Å². The molecule has 0 unspecified atom stereocenters. The first-order chi connectivity index (χ1) is 22.9. The Hall–Kier alpha value is -4.73. The van der Waals surface area contributed by atoms with Crippen molar-refractivity contribution in [1.29, 1.82) is 0 Å². The number of benzene rings is 1. The number of rotatable bonds is 21. The zero-order valence-electron chi connectivity index (χ0n) is 29.4. The molecule has 274 valence electrons. The van der Waals surface area contributed by atoms with Gasteiger partial charge in [0.05, 0.1) is 12.0 Å². The van der Waals surface area contributed by atoms with E-state index in [1.807, 2.05) is 13.8 Å². The lowest BCUT2D eigenvalue weighted by Crippen LogP contribution is -2.59. The standard InChI is InChI=1S/C33H53N7O9/c1-18(2)27(40-30(45)25(14-15-26(41)42)38-28(43)21(7)36-20(5)6)31(46)39-24(9-8-16-35-33(34)48)29(44)37-23-12-10-22(11-13-23)17-49-32(47)19(3)4/h10-13,18-21,24-25,27,36H,8-9,14-17H2,1-7H3,(H,37,44)(H,38,43)(H,39,46)(H,40,45)(H,41,42)(H3,34,35,48)/t21-,24-,25-,27-/m0/s1. The lowest BCUT2D eigenvalue weighted by atomic mass is 10.0. The highest BCUT2D eigenvalue weighted by atomic mass is 16.5. The van der Waals surface area contributed by atoms with Gasteiger partial charge in [0.25, 0.3) is 0 Å². The number of amides is 6. The number of anilines is 1. The summed E-state index contributed by atoms with van der Waals surface area (Å²) in [6.45, 7) is 12.3. The third kappa shape index (κ3) is 16.8. The van der Waals surface area contributed by atoms with Gasteiger partial charge in [-0.2, -0.15) is 0 Å². The molecule has 16 heteroatoms. The minimum Gasteiger partial charge on any atom is -0.481 e. The number of carboxylic acids is 1. The summed E-state index contributed by atoms with van der Waals surface area (Å²) < 4.78 is 5.22. The van der Waals surface area contributed by atoms with E-state index in [9.17, 15) is 38.7 Å². The molecule has 0 aliphatic heterocycles. The van der Waals surface area contributed by atoms with Crippen molar-refractivity contribution in [3.05, 3.63) is 29.8 Å². The predicted octanol–water partition coefficient (Wildman–Crippen LogP) is 1.13. The van der Waals surface area contributed by atoms with Gasteiger partial charge in [-0.1, -0.05) is 53.7 Å². The number of carbonyl (C=O) groups is 7. The van der Waals surface area contributed by atoms with E-state index in [4.69, 9.17) is 10.5 Å². The molecule has 16 nitrogen and oxygen atoms in total. The van der Waals surface area contributed by atoms with Gasteiger partial charge in [0, 0.05) is 24.7 Å². The number of nitrogens with two attached hydrogens (primary N) is 1. The molecule has 0 spiro atoms. The number of esters is 1. The molecule has 0 radical (unpaired) electrons. The molecule has 0 aliphatic rings. The fraction of sp³-hybridized carbons (Fsp3) is 0.606. The number of primary amides is 1. The zero-order valence-corrected chi connectivity index (χ0v) is 29.4. The fourth-order valence-corrected chi connectivity index (χ4v) is 4.48. The van der Waals surface area contributed by atoms with Gasteiger partial charge in [0.1, 0.15) is 24.7 Å². The number of urea groups is 1.